The number of carbonyl (C=O) groups excluding carboxylic acids is 2. The lowest BCUT2D eigenvalue weighted by Crippen LogP contribution is -2.35. The summed E-state index contributed by atoms with van der Waals surface area (Å²) in [6.07, 6.45) is 4.24. The molecule has 0 bridgehead atoms. The molecule has 1 fully saturated rings. The molecule has 114 valence electrons. The van der Waals surface area contributed by atoms with Gasteiger partial charge in [-0.2, -0.15) is 0 Å². The van der Waals surface area contributed by atoms with E-state index in [9.17, 15) is 9.59 Å². The summed E-state index contributed by atoms with van der Waals surface area (Å²) in [6, 6.07) is 5.04. The van der Waals surface area contributed by atoms with Crippen molar-refractivity contribution in [1.82, 2.24) is 5.32 Å². The molecule has 6 nitrogen and oxygen atoms in total. The van der Waals surface area contributed by atoms with Gasteiger partial charge >= 0.3 is 5.97 Å². The lowest BCUT2D eigenvalue weighted by molar-refractivity contribution is -0.124. The summed E-state index contributed by atoms with van der Waals surface area (Å²) in [5.41, 5.74) is 6.21. The van der Waals surface area contributed by atoms with Gasteiger partial charge in [-0.3, -0.25) is 4.79 Å². The number of esters is 1. The minimum Gasteiger partial charge on any atom is -0.495 e. The van der Waals surface area contributed by atoms with Crippen molar-refractivity contribution in [2.45, 2.75) is 31.7 Å². The largest absolute Gasteiger partial charge is 0.495 e. The number of rotatable bonds is 5. The van der Waals surface area contributed by atoms with E-state index in [4.69, 9.17) is 15.2 Å². The quantitative estimate of drug-likeness (QED) is 0.634. The maximum Gasteiger partial charge on any atom is 0.340 e. The van der Waals surface area contributed by atoms with Gasteiger partial charge in [-0.05, 0) is 25.0 Å². The van der Waals surface area contributed by atoms with E-state index >= 15 is 0 Å². The predicted molar refractivity (Wildman–Crippen MR) is 78.1 cm³/mol. The van der Waals surface area contributed by atoms with Crippen LogP contribution in [0.1, 0.15) is 36.0 Å². The second-order valence-corrected chi connectivity index (χ2v) is 5.05. The summed E-state index contributed by atoms with van der Waals surface area (Å²) < 4.78 is 10.0. The Hall–Kier alpha value is -2.24. The van der Waals surface area contributed by atoms with Crippen molar-refractivity contribution in [3.8, 4) is 5.75 Å². The second-order valence-electron chi connectivity index (χ2n) is 5.05. The van der Waals surface area contributed by atoms with Crippen LogP contribution in [-0.4, -0.2) is 31.6 Å². The molecule has 0 radical (unpaired) electrons. The fourth-order valence-corrected chi connectivity index (χ4v) is 2.45. The second kappa shape index (κ2) is 6.97. The highest BCUT2D eigenvalue weighted by Crippen LogP contribution is 2.25. The number of carbonyl (C=O) groups is 2. The fourth-order valence-electron chi connectivity index (χ4n) is 2.45. The molecule has 0 atom stereocenters. The molecular formula is C15H20N2O4. The lowest BCUT2D eigenvalue weighted by Gasteiger charge is -2.13. The van der Waals surface area contributed by atoms with Gasteiger partial charge in [0.1, 0.15) is 5.75 Å². The van der Waals surface area contributed by atoms with E-state index in [0.717, 1.165) is 25.7 Å². The summed E-state index contributed by atoms with van der Waals surface area (Å²) >= 11 is 0. The fraction of sp³-hybridized carbons (Fsp3) is 0.467. The van der Waals surface area contributed by atoms with E-state index in [-0.39, 0.29) is 29.8 Å². The maximum atomic E-state index is 11.9. The highest BCUT2D eigenvalue weighted by Gasteiger charge is 2.19. The van der Waals surface area contributed by atoms with Crippen LogP contribution in [0.25, 0.3) is 0 Å². The Labute approximate surface area is 123 Å². The van der Waals surface area contributed by atoms with Crippen LogP contribution in [0.2, 0.25) is 0 Å². The molecule has 1 aromatic rings. The summed E-state index contributed by atoms with van der Waals surface area (Å²) in [5, 5.41) is 2.85. The van der Waals surface area contributed by atoms with Gasteiger partial charge in [-0.1, -0.05) is 18.9 Å². The zero-order valence-corrected chi connectivity index (χ0v) is 12.1. The number of hydrogen-bond donors (Lipinski definition) is 2. The highest BCUT2D eigenvalue weighted by molar-refractivity contribution is 5.97. The normalized spacial score (nSPS) is 14.7. The van der Waals surface area contributed by atoms with Crippen molar-refractivity contribution in [2.75, 3.05) is 19.5 Å². The third-order valence-corrected chi connectivity index (χ3v) is 3.56. The third-order valence-electron chi connectivity index (χ3n) is 3.56. The molecule has 0 spiro atoms. The Balaban J connectivity index is 1.88. The molecule has 1 aromatic carbocycles. The zero-order chi connectivity index (χ0) is 15.2. The molecule has 0 aliphatic heterocycles. The molecule has 0 saturated heterocycles. The standard InChI is InChI=1S/C15H20N2O4/c1-20-12-8-4-7-11(14(12)16)15(19)21-9-13(18)17-10-5-2-3-6-10/h4,7-8,10H,2-3,5-6,9,16H2,1H3,(H,17,18). The topological polar surface area (TPSA) is 90.6 Å². The van der Waals surface area contributed by atoms with E-state index < -0.39 is 5.97 Å². The van der Waals surface area contributed by atoms with Crippen LogP contribution in [-0.2, 0) is 9.53 Å². The monoisotopic (exact) mass is 292 g/mol. The molecule has 0 heterocycles. The Morgan fingerprint density at radius 1 is 1.33 bits per heavy atom. The van der Waals surface area contributed by atoms with Gasteiger partial charge in [-0.25, -0.2) is 4.79 Å². The van der Waals surface area contributed by atoms with Crippen molar-refractivity contribution < 1.29 is 19.1 Å². The van der Waals surface area contributed by atoms with Gasteiger partial charge in [0.15, 0.2) is 6.61 Å². The van der Waals surface area contributed by atoms with Crippen LogP contribution >= 0.6 is 0 Å². The van der Waals surface area contributed by atoms with Gasteiger partial charge in [0.2, 0.25) is 0 Å². The van der Waals surface area contributed by atoms with Crippen LogP contribution in [0.4, 0.5) is 5.69 Å². The first kappa shape index (κ1) is 15.2. The number of anilines is 1. The molecule has 0 unspecified atom stereocenters. The van der Waals surface area contributed by atoms with E-state index in [2.05, 4.69) is 5.32 Å². The van der Waals surface area contributed by atoms with Crippen LogP contribution in [0.3, 0.4) is 0 Å². The van der Waals surface area contributed by atoms with Gasteiger partial charge in [0.25, 0.3) is 5.91 Å². The van der Waals surface area contributed by atoms with Crippen molar-refractivity contribution in [3.63, 3.8) is 0 Å². The van der Waals surface area contributed by atoms with Crippen LogP contribution < -0.4 is 15.8 Å². The van der Waals surface area contributed by atoms with Crippen molar-refractivity contribution >= 4 is 17.6 Å². The minimum absolute atomic E-state index is 0.197. The molecule has 6 heteroatoms. The first-order valence-corrected chi connectivity index (χ1v) is 7.00. The molecule has 2 rings (SSSR count). The van der Waals surface area contributed by atoms with Crippen molar-refractivity contribution in [1.29, 1.82) is 0 Å². The summed E-state index contributed by atoms with van der Waals surface area (Å²) in [7, 11) is 1.47. The van der Waals surface area contributed by atoms with E-state index in [0.29, 0.717) is 5.75 Å². The number of nitrogen functional groups attached to an aromatic ring is 1. The van der Waals surface area contributed by atoms with E-state index in [1.54, 1.807) is 12.1 Å². The number of nitrogens with one attached hydrogen (secondary N) is 1. The third kappa shape index (κ3) is 3.87. The Kier molecular flexibility index (Phi) is 5.03. The van der Waals surface area contributed by atoms with E-state index in [1.807, 2.05) is 0 Å². The molecule has 21 heavy (non-hydrogen) atoms. The molecule has 3 N–H and O–H groups in total. The van der Waals surface area contributed by atoms with Gasteiger partial charge in [0.05, 0.1) is 18.4 Å². The number of benzene rings is 1. The number of para-hydroxylation sites is 1. The Bertz CT molecular complexity index is 524. The highest BCUT2D eigenvalue weighted by atomic mass is 16.5. The molecule has 1 saturated carbocycles. The van der Waals surface area contributed by atoms with Crippen LogP contribution in [0, 0.1) is 0 Å². The summed E-state index contributed by atoms with van der Waals surface area (Å²) in [5.74, 6) is -0.510. The molecule has 1 aliphatic rings. The van der Waals surface area contributed by atoms with Crippen LogP contribution in [0.5, 0.6) is 5.75 Å². The average Bonchev–Trinajstić information content (AvgIpc) is 2.98. The Morgan fingerprint density at radius 3 is 2.71 bits per heavy atom. The Morgan fingerprint density at radius 2 is 2.05 bits per heavy atom. The SMILES string of the molecule is COc1cccc(C(=O)OCC(=O)NC2CCCC2)c1N. The van der Waals surface area contributed by atoms with Gasteiger partial charge in [0, 0.05) is 6.04 Å². The first-order chi connectivity index (χ1) is 10.1. The molecule has 1 aliphatic carbocycles. The molecule has 1 amide bonds. The average molecular weight is 292 g/mol. The van der Waals surface area contributed by atoms with E-state index in [1.165, 1.54) is 13.2 Å². The number of ether oxygens (including phenoxy) is 2. The van der Waals surface area contributed by atoms with Gasteiger partial charge in [-0.15, -0.1) is 0 Å². The zero-order valence-electron chi connectivity index (χ0n) is 12.1. The number of hydrogen-bond acceptors (Lipinski definition) is 5. The first-order valence-electron chi connectivity index (χ1n) is 7.00. The van der Waals surface area contributed by atoms with Crippen molar-refractivity contribution in [2.24, 2.45) is 0 Å². The maximum absolute atomic E-state index is 11.9. The van der Waals surface area contributed by atoms with Gasteiger partial charge < -0.3 is 20.5 Å². The lowest BCUT2D eigenvalue weighted by atomic mass is 10.1. The predicted octanol–water partition coefficient (Wildman–Crippen LogP) is 1.49. The number of methoxy groups -OCH3 is 1. The number of amides is 1. The van der Waals surface area contributed by atoms with Crippen molar-refractivity contribution in [3.05, 3.63) is 23.8 Å². The van der Waals surface area contributed by atoms with Crippen LogP contribution in [0.15, 0.2) is 18.2 Å². The summed E-state index contributed by atoms with van der Waals surface area (Å²) in [4.78, 5) is 23.6. The number of nitrogens with two attached hydrogens (primary N) is 1. The molecule has 0 aromatic heterocycles. The smallest absolute Gasteiger partial charge is 0.340 e. The minimum atomic E-state index is -0.632. The molecular weight excluding hydrogens is 272 g/mol. The summed E-state index contributed by atoms with van der Waals surface area (Å²) in [6.45, 7) is -0.300.